The van der Waals surface area contributed by atoms with Crippen LogP contribution in [-0.4, -0.2) is 132 Å². The SMILES string of the molecule is COc1ccc(C(OC[C@]2(CO)CN(C(=O)CCCC(=O)N3C[C@H](NC(C)=O)[C@@H](OC(C)=O)[C@@H](OC(C)=O)C3)C[C@H](n3cc(C)c(=O)[nH]c3=O)O2)(c2ccccc2)c2ccc(OC)cc2)cc1. The Morgan fingerprint density at radius 3 is 1.90 bits per heavy atom. The van der Waals surface area contributed by atoms with E-state index in [1.54, 1.807) is 38.5 Å². The Bertz CT molecular complexity index is 2440. The quantitative estimate of drug-likeness (QED) is 0.102. The molecule has 67 heavy (non-hydrogen) atoms. The van der Waals surface area contributed by atoms with Gasteiger partial charge in [0.2, 0.25) is 17.7 Å². The zero-order valence-electron chi connectivity index (χ0n) is 38.4. The van der Waals surface area contributed by atoms with Gasteiger partial charge in [-0.15, -0.1) is 0 Å². The maximum Gasteiger partial charge on any atom is 0.330 e. The van der Waals surface area contributed by atoms with E-state index in [1.165, 1.54) is 43.7 Å². The van der Waals surface area contributed by atoms with Crippen molar-refractivity contribution in [1.82, 2.24) is 24.7 Å². The Hall–Kier alpha value is -6.83. The minimum Gasteiger partial charge on any atom is -0.497 e. The van der Waals surface area contributed by atoms with Crippen LogP contribution in [0.2, 0.25) is 0 Å². The molecule has 2 aliphatic rings. The van der Waals surface area contributed by atoms with Crippen LogP contribution in [0.5, 0.6) is 11.5 Å². The predicted molar refractivity (Wildman–Crippen MR) is 240 cm³/mol. The third-order valence-electron chi connectivity index (χ3n) is 11.8. The smallest absolute Gasteiger partial charge is 0.330 e. The number of likely N-dealkylation sites (tertiary alicyclic amines) is 1. The first-order valence-corrected chi connectivity index (χ1v) is 21.8. The number of aliphatic hydroxyl groups excluding tert-OH is 1. The first-order valence-electron chi connectivity index (χ1n) is 21.8. The van der Waals surface area contributed by atoms with Gasteiger partial charge in [-0.25, -0.2) is 4.79 Å². The highest BCUT2D eigenvalue weighted by atomic mass is 16.6. The van der Waals surface area contributed by atoms with Crippen molar-refractivity contribution in [3.63, 3.8) is 0 Å². The number of methoxy groups -OCH3 is 2. The van der Waals surface area contributed by atoms with Gasteiger partial charge in [0.1, 0.15) is 22.7 Å². The number of esters is 2. The number of aryl methyl sites for hydroxylation is 1. The average Bonchev–Trinajstić information content (AvgIpc) is 3.31. The molecule has 0 spiro atoms. The number of H-pyrrole nitrogens is 1. The second-order valence-corrected chi connectivity index (χ2v) is 16.6. The van der Waals surface area contributed by atoms with Gasteiger partial charge in [-0.2, -0.15) is 0 Å². The topological polar surface area (TPSA) is 234 Å². The van der Waals surface area contributed by atoms with E-state index in [4.69, 9.17) is 28.4 Å². The second kappa shape index (κ2) is 21.6. The van der Waals surface area contributed by atoms with Crippen molar-refractivity contribution in [2.75, 3.05) is 53.6 Å². The molecule has 19 nitrogen and oxygen atoms in total. The Morgan fingerprint density at radius 2 is 1.36 bits per heavy atom. The molecule has 358 valence electrons. The number of aromatic nitrogens is 2. The van der Waals surface area contributed by atoms with Crippen LogP contribution in [0.1, 0.15) is 68.5 Å². The summed E-state index contributed by atoms with van der Waals surface area (Å²) in [6, 6.07) is 23.2. The summed E-state index contributed by atoms with van der Waals surface area (Å²) in [6.07, 6.45) is -2.25. The van der Waals surface area contributed by atoms with Gasteiger partial charge >= 0.3 is 17.6 Å². The number of hydrogen-bond acceptors (Lipinski definition) is 14. The van der Waals surface area contributed by atoms with Crippen LogP contribution in [0.3, 0.4) is 0 Å². The summed E-state index contributed by atoms with van der Waals surface area (Å²) in [4.78, 5) is 95.1. The van der Waals surface area contributed by atoms with Crippen molar-refractivity contribution in [2.24, 2.45) is 0 Å². The maximum atomic E-state index is 14.3. The fraction of sp³-hybridized carbons (Fsp3) is 0.438. The first-order chi connectivity index (χ1) is 32.0. The van der Waals surface area contributed by atoms with Crippen LogP contribution in [0.4, 0.5) is 0 Å². The molecule has 2 fully saturated rings. The number of carbonyl (C=O) groups is 5. The van der Waals surface area contributed by atoms with Crippen molar-refractivity contribution in [3.8, 4) is 11.5 Å². The van der Waals surface area contributed by atoms with Crippen molar-refractivity contribution in [3.05, 3.63) is 128 Å². The fourth-order valence-corrected chi connectivity index (χ4v) is 8.59. The number of aromatic amines is 1. The molecule has 3 heterocycles. The molecule has 4 aromatic rings. The molecule has 0 saturated carbocycles. The molecule has 3 amide bonds. The van der Waals surface area contributed by atoms with Gasteiger partial charge < -0.3 is 48.6 Å². The van der Waals surface area contributed by atoms with Crippen molar-refractivity contribution in [2.45, 2.75) is 82.6 Å². The summed E-state index contributed by atoms with van der Waals surface area (Å²) in [7, 11) is 3.12. The van der Waals surface area contributed by atoms with E-state index >= 15 is 0 Å². The highest BCUT2D eigenvalue weighted by Gasteiger charge is 2.48. The van der Waals surface area contributed by atoms with Crippen molar-refractivity contribution >= 4 is 29.7 Å². The number of nitrogens with zero attached hydrogens (tertiary/aromatic N) is 3. The summed E-state index contributed by atoms with van der Waals surface area (Å²) in [6.45, 7) is 3.56. The lowest BCUT2D eigenvalue weighted by Crippen LogP contribution is -2.64. The predicted octanol–water partition coefficient (Wildman–Crippen LogP) is 2.34. The third-order valence-corrected chi connectivity index (χ3v) is 11.8. The number of morpholine rings is 1. The molecule has 6 rings (SSSR count). The summed E-state index contributed by atoms with van der Waals surface area (Å²) in [5.41, 5.74) is -2.14. The van der Waals surface area contributed by atoms with E-state index in [1.807, 2.05) is 54.6 Å². The third kappa shape index (κ3) is 11.6. The van der Waals surface area contributed by atoms with Gasteiger partial charge in [-0.3, -0.25) is 38.3 Å². The van der Waals surface area contributed by atoms with Crippen LogP contribution >= 0.6 is 0 Å². The number of piperidine rings is 1. The van der Waals surface area contributed by atoms with Crippen molar-refractivity contribution < 1.29 is 57.5 Å². The van der Waals surface area contributed by atoms with Gasteiger partial charge in [-0.05, 0) is 54.3 Å². The van der Waals surface area contributed by atoms with Crippen molar-refractivity contribution in [1.29, 1.82) is 0 Å². The fourth-order valence-electron chi connectivity index (χ4n) is 8.59. The lowest BCUT2D eigenvalue weighted by Gasteiger charge is -2.47. The monoisotopic (exact) mass is 927 g/mol. The summed E-state index contributed by atoms with van der Waals surface area (Å²) in [5.74, 6) is -1.44. The second-order valence-electron chi connectivity index (χ2n) is 16.6. The number of nitrogens with one attached hydrogen (secondary N) is 2. The van der Waals surface area contributed by atoms with Gasteiger partial charge in [-0.1, -0.05) is 54.6 Å². The van der Waals surface area contributed by atoms with Gasteiger partial charge in [0.05, 0.1) is 53.1 Å². The van der Waals surface area contributed by atoms with Gasteiger partial charge in [0.25, 0.3) is 5.56 Å². The number of ether oxygens (including phenoxy) is 6. The highest BCUT2D eigenvalue weighted by molar-refractivity contribution is 5.80. The molecule has 0 unspecified atom stereocenters. The Labute approximate surface area is 386 Å². The zero-order valence-corrected chi connectivity index (χ0v) is 38.4. The summed E-state index contributed by atoms with van der Waals surface area (Å²) >= 11 is 0. The minimum atomic E-state index is -1.67. The zero-order chi connectivity index (χ0) is 48.5. The molecule has 3 aromatic carbocycles. The van der Waals surface area contributed by atoms with Crippen LogP contribution in [0, 0.1) is 6.92 Å². The minimum absolute atomic E-state index is 0.0546. The molecule has 2 aliphatic heterocycles. The molecule has 0 aliphatic carbocycles. The van der Waals surface area contributed by atoms with Crippen LogP contribution in [0.25, 0.3) is 0 Å². The Balaban J connectivity index is 1.30. The maximum absolute atomic E-state index is 14.3. The molecular weight excluding hydrogens is 871 g/mol. The Morgan fingerprint density at radius 1 is 0.791 bits per heavy atom. The van der Waals surface area contributed by atoms with E-state index < -0.39 is 83.2 Å². The molecule has 1 aromatic heterocycles. The van der Waals surface area contributed by atoms with Crippen LogP contribution in [-0.2, 0) is 48.5 Å². The summed E-state index contributed by atoms with van der Waals surface area (Å²) < 4.78 is 36.8. The average molecular weight is 928 g/mol. The number of benzene rings is 3. The molecule has 0 bridgehead atoms. The largest absolute Gasteiger partial charge is 0.497 e. The molecule has 3 N–H and O–H groups in total. The molecule has 19 heteroatoms. The standard InChI is InChI=1S/C48H57N5O14/c1-30-23-53(46(61)50-45(30)60)43-26-52(42(59)14-10-13-41(58)51-24-39(49-31(2)55)44(66-33(4)57)40(25-51)65-32(3)56)27-47(28-54,67-43)29-64-48(34-11-8-7-9-12-34,35-15-19-37(62-5)20-16-35)36-17-21-38(63-6)22-18-36/h7-9,11-12,15-23,39-40,43-44,54H,10,13-14,24-29H2,1-6H3,(H,49,55)(H,50,60,61)/t39-,40-,43+,44+,47+/m0/s1. The lowest BCUT2D eigenvalue weighted by atomic mass is 9.79. The first kappa shape index (κ1) is 49.6. The van der Waals surface area contributed by atoms with E-state index in [-0.39, 0.29) is 57.6 Å². The van der Waals surface area contributed by atoms with E-state index in [2.05, 4.69) is 10.3 Å². The summed E-state index contributed by atoms with van der Waals surface area (Å²) in [5, 5.41) is 14.1. The molecule has 5 atom stereocenters. The molecule has 2 saturated heterocycles. The highest BCUT2D eigenvalue weighted by Crippen LogP contribution is 2.43. The van der Waals surface area contributed by atoms with E-state index in [0.29, 0.717) is 28.2 Å². The Kier molecular flexibility index (Phi) is 16.0. The van der Waals surface area contributed by atoms with Gasteiger partial charge in [0.15, 0.2) is 18.4 Å². The molecular formula is C48H57N5O14. The number of aliphatic hydroxyl groups is 1. The number of amides is 3. The van der Waals surface area contributed by atoms with Crippen LogP contribution in [0.15, 0.2) is 94.6 Å². The van der Waals surface area contributed by atoms with E-state index in [9.17, 15) is 38.7 Å². The normalized spacial score (nSPS) is 20.6. The lowest BCUT2D eigenvalue weighted by molar-refractivity contribution is -0.230. The number of rotatable bonds is 17. The van der Waals surface area contributed by atoms with Crippen LogP contribution < -0.4 is 26.0 Å². The number of hydrogen-bond donors (Lipinski definition) is 3. The number of carbonyl (C=O) groups excluding carboxylic acids is 5. The van der Waals surface area contributed by atoms with Gasteiger partial charge in [0, 0.05) is 51.9 Å². The van der Waals surface area contributed by atoms with E-state index in [0.717, 1.165) is 4.57 Å². The molecule has 0 radical (unpaired) electrons.